The van der Waals surface area contributed by atoms with E-state index in [1.165, 1.54) is 14.1 Å². The first kappa shape index (κ1) is 21.4. The van der Waals surface area contributed by atoms with Crippen LogP contribution in [0.5, 0.6) is 0 Å². The summed E-state index contributed by atoms with van der Waals surface area (Å²) in [5.41, 5.74) is 2.37. The largest absolute Gasteiger partial charge is 0.279 e. The number of anilines is 1. The number of benzene rings is 2. The van der Waals surface area contributed by atoms with Crippen LogP contribution in [-0.2, 0) is 10.2 Å². The van der Waals surface area contributed by atoms with Crippen LogP contribution >= 0.6 is 34.8 Å². The monoisotopic (exact) mass is 460 g/mol. The number of nitrogens with one attached hydrogen (secondary N) is 1. The summed E-state index contributed by atoms with van der Waals surface area (Å²) in [5.74, 6) is 0. The van der Waals surface area contributed by atoms with E-state index in [0.717, 1.165) is 9.87 Å². The molecule has 0 bridgehead atoms. The number of hydrogen-bond acceptors (Lipinski definition) is 4. The molecule has 1 aliphatic rings. The van der Waals surface area contributed by atoms with E-state index in [1.54, 1.807) is 23.2 Å². The molecule has 0 amide bonds. The summed E-state index contributed by atoms with van der Waals surface area (Å²) in [6.07, 6.45) is 0.538. The highest BCUT2D eigenvalue weighted by atomic mass is 35.5. The number of hydrogen-bond donors (Lipinski definition) is 1. The first-order valence-electron chi connectivity index (χ1n) is 8.40. The van der Waals surface area contributed by atoms with Crippen LogP contribution in [0.4, 0.5) is 5.69 Å². The summed E-state index contributed by atoms with van der Waals surface area (Å²) in [6, 6.07) is 12.5. The van der Waals surface area contributed by atoms with Crippen molar-refractivity contribution in [1.82, 2.24) is 9.03 Å². The zero-order valence-corrected chi connectivity index (χ0v) is 18.3. The second-order valence-corrected chi connectivity index (χ2v) is 9.74. The second kappa shape index (κ2) is 8.57. The van der Waals surface area contributed by atoms with Gasteiger partial charge in [0.2, 0.25) is 0 Å². The van der Waals surface area contributed by atoms with Gasteiger partial charge in [0.25, 0.3) is 10.2 Å². The zero-order chi connectivity index (χ0) is 20.5. The molecule has 2 aromatic carbocycles. The van der Waals surface area contributed by atoms with Crippen molar-refractivity contribution in [3.8, 4) is 0 Å². The Balaban J connectivity index is 1.92. The molecular weight excluding hydrogens is 443 g/mol. The van der Waals surface area contributed by atoms with Crippen molar-refractivity contribution in [3.63, 3.8) is 0 Å². The lowest BCUT2D eigenvalue weighted by molar-refractivity contribution is 0.510. The predicted octanol–water partition coefficient (Wildman–Crippen LogP) is 4.35. The minimum absolute atomic E-state index is 0.103. The quantitative estimate of drug-likeness (QED) is 0.695. The topological polar surface area (TPSA) is 65.0 Å². The van der Waals surface area contributed by atoms with Gasteiger partial charge in [-0.3, -0.25) is 5.01 Å². The van der Waals surface area contributed by atoms with Gasteiger partial charge in [-0.1, -0.05) is 46.9 Å². The Hall–Kier alpha value is -1.35. The van der Waals surface area contributed by atoms with Crippen LogP contribution < -0.4 is 9.73 Å². The van der Waals surface area contributed by atoms with E-state index >= 15 is 0 Å². The Bertz CT molecular complexity index is 994. The van der Waals surface area contributed by atoms with Gasteiger partial charge in [-0.2, -0.15) is 22.5 Å². The summed E-state index contributed by atoms with van der Waals surface area (Å²) < 4.78 is 27.7. The molecule has 0 aromatic heterocycles. The van der Waals surface area contributed by atoms with Gasteiger partial charge in [-0.15, -0.1) is 0 Å². The van der Waals surface area contributed by atoms with Crippen molar-refractivity contribution < 1.29 is 8.42 Å². The molecule has 1 unspecified atom stereocenters. The summed E-state index contributed by atoms with van der Waals surface area (Å²) in [4.78, 5) is 0. The van der Waals surface area contributed by atoms with Crippen LogP contribution in [0.3, 0.4) is 0 Å². The lowest BCUT2D eigenvalue weighted by Gasteiger charge is -2.25. The number of halogens is 3. The average molecular weight is 462 g/mol. The highest BCUT2D eigenvalue weighted by Gasteiger charge is 2.31. The molecule has 1 atom stereocenters. The molecule has 10 heteroatoms. The van der Waals surface area contributed by atoms with Crippen LogP contribution in [0.15, 0.2) is 47.6 Å². The minimum atomic E-state index is -3.55. The lowest BCUT2D eigenvalue weighted by Crippen LogP contribution is -2.38. The molecule has 150 valence electrons. The van der Waals surface area contributed by atoms with Gasteiger partial charge in [0.1, 0.15) is 0 Å². The molecule has 3 rings (SSSR count). The van der Waals surface area contributed by atoms with E-state index in [2.05, 4.69) is 9.82 Å². The predicted molar refractivity (Wildman–Crippen MR) is 116 cm³/mol. The average Bonchev–Trinajstić information content (AvgIpc) is 3.04. The maximum Gasteiger partial charge on any atom is 0.279 e. The van der Waals surface area contributed by atoms with Gasteiger partial charge < -0.3 is 0 Å². The third kappa shape index (κ3) is 4.79. The van der Waals surface area contributed by atoms with Crippen molar-refractivity contribution in [2.45, 2.75) is 12.5 Å². The van der Waals surface area contributed by atoms with E-state index < -0.39 is 10.2 Å². The summed E-state index contributed by atoms with van der Waals surface area (Å²) >= 11 is 18.4. The molecule has 0 spiro atoms. The molecule has 0 fully saturated rings. The Kier molecular flexibility index (Phi) is 6.54. The maximum absolute atomic E-state index is 12.0. The molecule has 0 radical (unpaired) electrons. The molecule has 0 saturated carbocycles. The lowest BCUT2D eigenvalue weighted by atomic mass is 10.0. The summed E-state index contributed by atoms with van der Waals surface area (Å²) in [6.45, 7) is 0.103. The van der Waals surface area contributed by atoms with Crippen LogP contribution in [0.1, 0.15) is 18.0 Å². The van der Waals surface area contributed by atoms with Gasteiger partial charge in [0.05, 0.1) is 29.0 Å². The van der Waals surface area contributed by atoms with Crippen LogP contribution in [0, 0.1) is 0 Å². The molecule has 28 heavy (non-hydrogen) atoms. The third-order valence-corrected chi connectivity index (χ3v) is 6.58. The van der Waals surface area contributed by atoms with Gasteiger partial charge >= 0.3 is 0 Å². The van der Waals surface area contributed by atoms with Crippen LogP contribution in [-0.4, -0.2) is 39.1 Å². The first-order chi connectivity index (χ1) is 13.2. The van der Waals surface area contributed by atoms with Crippen molar-refractivity contribution in [2.75, 3.05) is 25.6 Å². The maximum atomic E-state index is 12.0. The number of rotatable bonds is 6. The number of hydrazone groups is 1. The van der Waals surface area contributed by atoms with E-state index in [9.17, 15) is 8.42 Å². The number of nitrogens with zero attached hydrogens (tertiary/aromatic N) is 3. The Morgan fingerprint density at radius 1 is 1.11 bits per heavy atom. The van der Waals surface area contributed by atoms with E-state index in [1.807, 2.05) is 24.3 Å². The second-order valence-electron chi connectivity index (χ2n) is 6.49. The molecule has 0 saturated heterocycles. The first-order valence-corrected chi connectivity index (χ1v) is 11.0. The van der Waals surface area contributed by atoms with E-state index in [4.69, 9.17) is 34.8 Å². The van der Waals surface area contributed by atoms with Crippen LogP contribution in [0.25, 0.3) is 0 Å². The van der Waals surface area contributed by atoms with Crippen molar-refractivity contribution in [1.29, 1.82) is 0 Å². The smallest absolute Gasteiger partial charge is 0.256 e. The third-order valence-electron chi connectivity index (χ3n) is 4.32. The Morgan fingerprint density at radius 2 is 1.75 bits per heavy atom. The summed E-state index contributed by atoms with van der Waals surface area (Å²) in [7, 11) is -0.612. The van der Waals surface area contributed by atoms with Gasteiger partial charge in [0.15, 0.2) is 0 Å². The molecule has 1 heterocycles. The van der Waals surface area contributed by atoms with Crippen molar-refractivity contribution in [2.24, 2.45) is 5.10 Å². The molecule has 1 N–H and O–H groups in total. The van der Waals surface area contributed by atoms with Crippen molar-refractivity contribution >= 4 is 56.4 Å². The SMILES string of the molecule is CN(C)S(=O)(=O)NCC1=NN(c2ccc(Cl)cc2Cl)C(c2ccc(Cl)cc2)C1. The fraction of sp³-hybridized carbons (Fsp3) is 0.278. The van der Waals surface area contributed by atoms with E-state index in [0.29, 0.717) is 32.9 Å². The fourth-order valence-corrected chi connectivity index (χ4v) is 4.04. The Morgan fingerprint density at radius 3 is 2.36 bits per heavy atom. The molecule has 2 aromatic rings. The normalized spacial score (nSPS) is 17.3. The highest BCUT2D eigenvalue weighted by molar-refractivity contribution is 7.87. The van der Waals surface area contributed by atoms with Gasteiger partial charge in [-0.25, -0.2) is 0 Å². The van der Waals surface area contributed by atoms with E-state index in [-0.39, 0.29) is 12.6 Å². The molecule has 6 nitrogen and oxygen atoms in total. The Labute approximate surface area is 179 Å². The fourth-order valence-electron chi connectivity index (χ4n) is 2.82. The van der Waals surface area contributed by atoms with Gasteiger partial charge in [-0.05, 0) is 35.9 Å². The molecule has 1 aliphatic heterocycles. The molecule has 0 aliphatic carbocycles. The zero-order valence-electron chi connectivity index (χ0n) is 15.2. The van der Waals surface area contributed by atoms with Gasteiger partial charge in [0, 0.05) is 30.6 Å². The van der Waals surface area contributed by atoms with Crippen molar-refractivity contribution in [3.05, 3.63) is 63.1 Å². The highest BCUT2D eigenvalue weighted by Crippen LogP contribution is 2.39. The van der Waals surface area contributed by atoms with Crippen LogP contribution in [0.2, 0.25) is 15.1 Å². The molecular formula is C18H19Cl3N4O2S. The summed E-state index contributed by atoms with van der Waals surface area (Å²) in [5, 5.41) is 8.06. The standard InChI is InChI=1S/C18H19Cl3N4O2S/c1-24(2)28(26,27)22-11-15-10-18(12-3-5-13(19)6-4-12)25(23-15)17-8-7-14(20)9-16(17)21/h3-9,18,22H,10-11H2,1-2H3. The minimum Gasteiger partial charge on any atom is -0.256 e.